The van der Waals surface area contributed by atoms with Crippen LogP contribution < -0.4 is 16.4 Å². The summed E-state index contributed by atoms with van der Waals surface area (Å²) in [6.07, 6.45) is 2.90. The fourth-order valence-corrected chi connectivity index (χ4v) is 3.84. The largest absolute Gasteiger partial charge is 0.384 e. The van der Waals surface area contributed by atoms with Crippen molar-refractivity contribution in [3.63, 3.8) is 0 Å². The average Bonchev–Trinajstić information content (AvgIpc) is 2.92. The Morgan fingerprint density at radius 2 is 2.04 bits per heavy atom. The lowest BCUT2D eigenvalue weighted by molar-refractivity contribution is -0.120. The van der Waals surface area contributed by atoms with Gasteiger partial charge in [0.15, 0.2) is 5.78 Å². The number of Topliss-reactive ketones (excluding diaryl/α,β-unsaturated/α-hetero) is 1. The zero-order chi connectivity index (χ0) is 20.1. The first-order valence-electron chi connectivity index (χ1n) is 8.69. The van der Waals surface area contributed by atoms with Crippen LogP contribution in [0.4, 0.5) is 16.0 Å². The SMILES string of the molecule is CC1=C2C(=O)NC(C)(c3cccc(F)c3)C2C(=O)C(Nc2cc(N)ncn2)=C1. The molecule has 8 heteroatoms. The third kappa shape index (κ3) is 2.74. The third-order valence-corrected chi connectivity index (χ3v) is 5.17. The summed E-state index contributed by atoms with van der Waals surface area (Å²) in [4.78, 5) is 33.9. The fraction of sp³-hybridized carbons (Fsp3) is 0.200. The first-order valence-corrected chi connectivity index (χ1v) is 8.69. The van der Waals surface area contributed by atoms with Gasteiger partial charge < -0.3 is 16.4 Å². The summed E-state index contributed by atoms with van der Waals surface area (Å²) >= 11 is 0. The molecule has 7 nitrogen and oxygen atoms in total. The highest BCUT2D eigenvalue weighted by molar-refractivity contribution is 6.14. The number of anilines is 2. The molecule has 4 N–H and O–H groups in total. The van der Waals surface area contributed by atoms with Crippen LogP contribution >= 0.6 is 0 Å². The van der Waals surface area contributed by atoms with Gasteiger partial charge in [0.2, 0.25) is 5.91 Å². The summed E-state index contributed by atoms with van der Waals surface area (Å²) in [5.41, 5.74) is 6.45. The number of nitrogens with zero attached hydrogens (tertiary/aromatic N) is 2. The van der Waals surface area contributed by atoms with Crippen LogP contribution in [-0.2, 0) is 15.1 Å². The molecule has 0 saturated carbocycles. The van der Waals surface area contributed by atoms with Gasteiger partial charge in [-0.1, -0.05) is 12.1 Å². The molecule has 2 heterocycles. The van der Waals surface area contributed by atoms with E-state index in [1.807, 2.05) is 0 Å². The number of allylic oxidation sites excluding steroid dienone is 3. The molecular formula is C20H18FN5O2. The van der Waals surface area contributed by atoms with E-state index in [0.29, 0.717) is 22.5 Å². The van der Waals surface area contributed by atoms with Gasteiger partial charge in [-0.25, -0.2) is 14.4 Å². The number of carbonyl (C=O) groups excluding carboxylic acids is 2. The van der Waals surface area contributed by atoms with E-state index < -0.39 is 17.3 Å². The van der Waals surface area contributed by atoms with E-state index in [0.717, 1.165) is 0 Å². The maximum atomic E-state index is 13.8. The first kappa shape index (κ1) is 17.8. The van der Waals surface area contributed by atoms with Gasteiger partial charge in [-0.2, -0.15) is 0 Å². The van der Waals surface area contributed by atoms with Crippen molar-refractivity contribution >= 4 is 23.3 Å². The summed E-state index contributed by atoms with van der Waals surface area (Å²) in [7, 11) is 0. The Bertz CT molecular complexity index is 1080. The Balaban J connectivity index is 1.78. The number of hydrogen-bond acceptors (Lipinski definition) is 6. The Morgan fingerprint density at radius 1 is 1.25 bits per heavy atom. The number of halogens is 1. The van der Waals surface area contributed by atoms with Gasteiger partial charge in [-0.15, -0.1) is 0 Å². The standard InChI is InChI=1S/C20H18FN5O2/c1-10-6-13(25-15-8-14(22)23-9-24-15)18(27)17-16(10)19(28)26-20(17,2)11-4-3-5-12(21)7-11/h3-9,17H,1-2H3,(H,26,28)(H3,22,23,24,25). The predicted molar refractivity (Wildman–Crippen MR) is 101 cm³/mol. The summed E-state index contributed by atoms with van der Waals surface area (Å²) < 4.78 is 13.8. The predicted octanol–water partition coefficient (Wildman–Crippen LogP) is 2.05. The minimum Gasteiger partial charge on any atom is -0.384 e. The van der Waals surface area contributed by atoms with Gasteiger partial charge in [-0.3, -0.25) is 9.59 Å². The molecule has 28 heavy (non-hydrogen) atoms. The summed E-state index contributed by atoms with van der Waals surface area (Å²) in [6.45, 7) is 3.50. The lowest BCUT2D eigenvalue weighted by Gasteiger charge is -2.33. The van der Waals surface area contributed by atoms with E-state index in [4.69, 9.17) is 5.73 Å². The van der Waals surface area contributed by atoms with Crippen LogP contribution in [0.1, 0.15) is 19.4 Å². The number of carbonyl (C=O) groups is 2. The van der Waals surface area contributed by atoms with Crippen molar-refractivity contribution < 1.29 is 14.0 Å². The summed E-state index contributed by atoms with van der Waals surface area (Å²) in [6, 6.07) is 7.42. The average molecular weight is 379 g/mol. The Kier molecular flexibility index (Phi) is 3.99. The number of nitrogen functional groups attached to an aromatic ring is 1. The van der Waals surface area contributed by atoms with E-state index in [9.17, 15) is 14.0 Å². The molecule has 1 aromatic carbocycles. The Labute approximate surface area is 160 Å². The van der Waals surface area contributed by atoms with Crippen LogP contribution in [0.2, 0.25) is 0 Å². The molecule has 1 aromatic heterocycles. The number of amides is 1. The quantitative estimate of drug-likeness (QED) is 0.753. The van der Waals surface area contributed by atoms with Crippen molar-refractivity contribution in [1.29, 1.82) is 0 Å². The molecule has 2 atom stereocenters. The number of benzene rings is 1. The number of hydrogen-bond donors (Lipinski definition) is 3. The lowest BCUT2D eigenvalue weighted by Crippen LogP contribution is -2.44. The van der Waals surface area contributed by atoms with Crippen molar-refractivity contribution in [2.45, 2.75) is 19.4 Å². The minimum atomic E-state index is -1.07. The van der Waals surface area contributed by atoms with Gasteiger partial charge in [0.1, 0.15) is 23.8 Å². The highest BCUT2D eigenvalue weighted by Gasteiger charge is 2.54. The van der Waals surface area contributed by atoms with Crippen LogP contribution in [0, 0.1) is 11.7 Å². The Hall–Kier alpha value is -3.55. The van der Waals surface area contributed by atoms with Crippen LogP contribution in [0.3, 0.4) is 0 Å². The second kappa shape index (κ2) is 6.26. The van der Waals surface area contributed by atoms with E-state index in [1.165, 1.54) is 24.5 Å². The molecule has 4 rings (SSSR count). The molecule has 0 radical (unpaired) electrons. The molecule has 142 valence electrons. The van der Waals surface area contributed by atoms with Gasteiger partial charge in [0.05, 0.1) is 17.2 Å². The highest BCUT2D eigenvalue weighted by atomic mass is 19.1. The molecule has 1 saturated heterocycles. The third-order valence-electron chi connectivity index (χ3n) is 5.17. The van der Waals surface area contributed by atoms with Crippen molar-refractivity contribution in [2.24, 2.45) is 5.92 Å². The number of nitrogens with two attached hydrogens (primary N) is 1. The smallest absolute Gasteiger partial charge is 0.249 e. The second-order valence-electron chi connectivity index (χ2n) is 7.07. The maximum Gasteiger partial charge on any atom is 0.249 e. The number of fused-ring (bicyclic) bond motifs is 1. The van der Waals surface area contributed by atoms with E-state index in [-0.39, 0.29) is 23.2 Å². The van der Waals surface area contributed by atoms with Gasteiger partial charge in [0, 0.05) is 11.6 Å². The molecule has 0 spiro atoms. The molecule has 1 amide bonds. The lowest BCUT2D eigenvalue weighted by atomic mass is 9.73. The normalized spacial score (nSPS) is 24.0. The molecular weight excluding hydrogens is 361 g/mol. The van der Waals surface area contributed by atoms with Crippen molar-refractivity contribution in [3.05, 3.63) is 71.0 Å². The number of rotatable bonds is 3. The minimum absolute atomic E-state index is 0.261. The molecule has 1 fully saturated rings. The van der Waals surface area contributed by atoms with Crippen molar-refractivity contribution in [1.82, 2.24) is 15.3 Å². The fourth-order valence-electron chi connectivity index (χ4n) is 3.84. The van der Waals surface area contributed by atoms with Crippen LogP contribution in [0.5, 0.6) is 0 Å². The monoisotopic (exact) mass is 379 g/mol. The van der Waals surface area contributed by atoms with E-state index >= 15 is 0 Å². The zero-order valence-electron chi connectivity index (χ0n) is 15.3. The number of nitrogens with one attached hydrogen (secondary N) is 2. The van der Waals surface area contributed by atoms with E-state index in [2.05, 4.69) is 20.6 Å². The van der Waals surface area contributed by atoms with Crippen LogP contribution in [0.15, 0.2) is 59.6 Å². The molecule has 2 unspecified atom stereocenters. The maximum absolute atomic E-state index is 13.8. The van der Waals surface area contributed by atoms with Crippen LogP contribution in [-0.4, -0.2) is 21.7 Å². The van der Waals surface area contributed by atoms with Gasteiger partial charge >= 0.3 is 0 Å². The van der Waals surface area contributed by atoms with E-state index in [1.54, 1.807) is 32.1 Å². The van der Waals surface area contributed by atoms with Gasteiger partial charge in [0.25, 0.3) is 0 Å². The van der Waals surface area contributed by atoms with Crippen molar-refractivity contribution in [3.8, 4) is 0 Å². The summed E-state index contributed by atoms with van der Waals surface area (Å²) in [5, 5.41) is 5.84. The molecule has 1 aliphatic heterocycles. The topological polar surface area (TPSA) is 110 Å². The molecule has 2 aliphatic rings. The molecule has 1 aliphatic carbocycles. The summed E-state index contributed by atoms with van der Waals surface area (Å²) in [5.74, 6) is -1.22. The van der Waals surface area contributed by atoms with Gasteiger partial charge in [-0.05, 0) is 43.2 Å². The zero-order valence-corrected chi connectivity index (χ0v) is 15.3. The van der Waals surface area contributed by atoms with Crippen LogP contribution in [0.25, 0.3) is 0 Å². The van der Waals surface area contributed by atoms with Crippen molar-refractivity contribution in [2.75, 3.05) is 11.1 Å². The number of aromatic nitrogens is 2. The highest BCUT2D eigenvalue weighted by Crippen LogP contribution is 2.45. The first-order chi connectivity index (χ1) is 13.3. The molecule has 2 aromatic rings. The number of ketones is 1. The Morgan fingerprint density at radius 3 is 2.75 bits per heavy atom. The second-order valence-corrected chi connectivity index (χ2v) is 7.07. The molecule has 0 bridgehead atoms.